The summed E-state index contributed by atoms with van der Waals surface area (Å²) in [7, 11) is 0. The smallest absolute Gasteiger partial charge is 0.305 e. The number of hydrogen-bond acceptors (Lipinski definition) is 5. The van der Waals surface area contributed by atoms with Crippen LogP contribution in [0.3, 0.4) is 0 Å². The Kier molecular flexibility index (Phi) is 45.2. The third-order valence-corrected chi connectivity index (χ3v) is 11.1. The molecule has 6 nitrogen and oxygen atoms in total. The summed E-state index contributed by atoms with van der Waals surface area (Å²) in [5, 5.41) is 23.1. The molecular formula is C51H95NO5. The SMILES string of the molecule is CCC/C=C\C/C=C\CCCCCCCC(=O)OCCCCCC/C=C\CCCCCCCCCC(=O)NC(CO)C(O)CCCCCCCCCCCCCC. The standard InChI is InChI=1S/C51H95NO5/c1-3-5-7-9-11-13-15-20-25-29-33-37-41-45-51(56)57-46-42-38-34-30-26-22-19-17-18-21-24-28-32-36-40-44-50(55)52-48(47-53)49(54)43-39-35-31-27-23-16-14-12-10-8-6-4-2/h7,9,13,15,19,22,48-49,53-54H,3-6,8,10-12,14,16-18,20-21,23-47H2,1-2H3,(H,52,55)/b9-7-,15-13-,22-19-. The van der Waals surface area contributed by atoms with Crippen molar-refractivity contribution in [3.63, 3.8) is 0 Å². The van der Waals surface area contributed by atoms with Gasteiger partial charge in [-0.2, -0.15) is 0 Å². The highest BCUT2D eigenvalue weighted by atomic mass is 16.5. The third-order valence-electron chi connectivity index (χ3n) is 11.1. The summed E-state index contributed by atoms with van der Waals surface area (Å²) in [5.41, 5.74) is 0. The number of rotatable bonds is 45. The molecule has 0 rings (SSSR count). The van der Waals surface area contributed by atoms with Crippen LogP contribution in [0.15, 0.2) is 36.5 Å². The molecule has 57 heavy (non-hydrogen) atoms. The maximum absolute atomic E-state index is 12.4. The fourth-order valence-corrected chi connectivity index (χ4v) is 7.32. The molecule has 0 fully saturated rings. The number of amides is 1. The van der Waals surface area contributed by atoms with E-state index in [0.717, 1.165) is 83.5 Å². The van der Waals surface area contributed by atoms with E-state index in [1.54, 1.807) is 0 Å². The van der Waals surface area contributed by atoms with Crippen LogP contribution in [0.1, 0.15) is 251 Å². The van der Waals surface area contributed by atoms with E-state index in [2.05, 4.69) is 55.6 Å². The Labute approximate surface area is 353 Å². The molecule has 0 aromatic rings. The van der Waals surface area contributed by atoms with Gasteiger partial charge in [-0.15, -0.1) is 0 Å². The summed E-state index contributed by atoms with van der Waals surface area (Å²) in [6.45, 7) is 4.83. The Morgan fingerprint density at radius 3 is 1.42 bits per heavy atom. The molecule has 0 aromatic carbocycles. The van der Waals surface area contributed by atoms with Crippen LogP contribution in [0.2, 0.25) is 0 Å². The van der Waals surface area contributed by atoms with Crippen LogP contribution in [0.4, 0.5) is 0 Å². The first-order valence-corrected chi connectivity index (χ1v) is 24.7. The normalized spacial score (nSPS) is 13.0. The second-order valence-corrected chi connectivity index (χ2v) is 16.8. The van der Waals surface area contributed by atoms with E-state index in [0.29, 0.717) is 25.9 Å². The van der Waals surface area contributed by atoms with Gasteiger partial charge in [0.25, 0.3) is 0 Å². The molecule has 3 N–H and O–H groups in total. The van der Waals surface area contributed by atoms with Crippen molar-refractivity contribution >= 4 is 11.9 Å². The van der Waals surface area contributed by atoms with Crippen molar-refractivity contribution in [2.45, 2.75) is 264 Å². The first-order valence-electron chi connectivity index (χ1n) is 24.7. The Hall–Kier alpha value is -1.92. The lowest BCUT2D eigenvalue weighted by Gasteiger charge is -2.22. The number of aliphatic hydroxyl groups is 2. The summed E-state index contributed by atoms with van der Waals surface area (Å²) in [6, 6.07) is -0.552. The molecule has 334 valence electrons. The zero-order valence-electron chi connectivity index (χ0n) is 37.8. The van der Waals surface area contributed by atoms with Gasteiger partial charge in [-0.05, 0) is 77.0 Å². The molecular weight excluding hydrogens is 707 g/mol. The fourth-order valence-electron chi connectivity index (χ4n) is 7.32. The monoisotopic (exact) mass is 802 g/mol. The Bertz CT molecular complexity index is 931. The highest BCUT2D eigenvalue weighted by Crippen LogP contribution is 2.15. The maximum atomic E-state index is 12.4. The first-order chi connectivity index (χ1) is 28.0. The van der Waals surface area contributed by atoms with Crippen molar-refractivity contribution < 1.29 is 24.5 Å². The highest BCUT2D eigenvalue weighted by Gasteiger charge is 2.20. The summed E-state index contributed by atoms with van der Waals surface area (Å²) >= 11 is 0. The van der Waals surface area contributed by atoms with Crippen LogP contribution in [0.25, 0.3) is 0 Å². The van der Waals surface area contributed by atoms with Crippen LogP contribution in [0.5, 0.6) is 0 Å². The molecule has 0 bridgehead atoms. The van der Waals surface area contributed by atoms with Gasteiger partial charge in [0.1, 0.15) is 0 Å². The van der Waals surface area contributed by atoms with Crippen LogP contribution in [-0.2, 0) is 14.3 Å². The molecule has 0 saturated carbocycles. The van der Waals surface area contributed by atoms with Crippen molar-refractivity contribution in [2.75, 3.05) is 13.2 Å². The number of aliphatic hydroxyl groups excluding tert-OH is 2. The molecule has 0 heterocycles. The van der Waals surface area contributed by atoms with Gasteiger partial charge in [-0.25, -0.2) is 0 Å². The molecule has 1 amide bonds. The molecule has 6 heteroatoms. The van der Waals surface area contributed by atoms with Gasteiger partial charge in [0, 0.05) is 12.8 Å². The van der Waals surface area contributed by atoms with E-state index in [1.807, 2.05) is 0 Å². The van der Waals surface area contributed by atoms with Gasteiger partial charge in [-0.1, -0.05) is 198 Å². The number of hydrogen-bond donors (Lipinski definition) is 3. The van der Waals surface area contributed by atoms with Crippen LogP contribution >= 0.6 is 0 Å². The van der Waals surface area contributed by atoms with Crippen molar-refractivity contribution in [2.24, 2.45) is 0 Å². The number of allylic oxidation sites excluding steroid dienone is 6. The second-order valence-electron chi connectivity index (χ2n) is 16.8. The minimum Gasteiger partial charge on any atom is -0.466 e. The predicted molar refractivity (Wildman–Crippen MR) is 246 cm³/mol. The minimum atomic E-state index is -0.673. The van der Waals surface area contributed by atoms with Gasteiger partial charge in [0.05, 0.1) is 25.4 Å². The molecule has 0 spiro atoms. The average Bonchev–Trinajstić information content (AvgIpc) is 3.21. The van der Waals surface area contributed by atoms with Crippen molar-refractivity contribution in [3.8, 4) is 0 Å². The third kappa shape index (κ3) is 43.5. The molecule has 0 radical (unpaired) electrons. The van der Waals surface area contributed by atoms with Crippen LogP contribution in [-0.4, -0.2) is 47.4 Å². The lowest BCUT2D eigenvalue weighted by molar-refractivity contribution is -0.143. The van der Waals surface area contributed by atoms with Crippen LogP contribution in [0, 0.1) is 0 Å². The minimum absolute atomic E-state index is 0.0262. The van der Waals surface area contributed by atoms with E-state index in [-0.39, 0.29) is 18.5 Å². The van der Waals surface area contributed by atoms with Gasteiger partial charge < -0.3 is 20.3 Å². The highest BCUT2D eigenvalue weighted by molar-refractivity contribution is 5.76. The molecule has 0 aliphatic carbocycles. The number of nitrogens with one attached hydrogen (secondary N) is 1. The van der Waals surface area contributed by atoms with Gasteiger partial charge >= 0.3 is 5.97 Å². The maximum Gasteiger partial charge on any atom is 0.305 e. The van der Waals surface area contributed by atoms with E-state index >= 15 is 0 Å². The molecule has 0 aliphatic heterocycles. The lowest BCUT2D eigenvalue weighted by atomic mass is 10.0. The summed E-state index contributed by atoms with van der Waals surface area (Å²) in [6.07, 6.45) is 55.3. The van der Waals surface area contributed by atoms with Gasteiger partial charge in [0.15, 0.2) is 0 Å². The number of carbonyl (C=O) groups excluding carboxylic acids is 2. The van der Waals surface area contributed by atoms with Gasteiger partial charge in [0.2, 0.25) is 5.91 Å². The molecule has 2 atom stereocenters. The van der Waals surface area contributed by atoms with Crippen molar-refractivity contribution in [1.82, 2.24) is 5.32 Å². The van der Waals surface area contributed by atoms with Gasteiger partial charge in [-0.3, -0.25) is 9.59 Å². The Balaban J connectivity index is 3.49. The quantitative estimate of drug-likeness (QED) is 0.0324. The summed E-state index contributed by atoms with van der Waals surface area (Å²) in [4.78, 5) is 24.4. The number of carbonyl (C=O) groups is 2. The van der Waals surface area contributed by atoms with Crippen LogP contribution < -0.4 is 5.32 Å². The molecule has 0 aliphatic rings. The predicted octanol–water partition coefficient (Wildman–Crippen LogP) is 14.5. The van der Waals surface area contributed by atoms with Crippen molar-refractivity contribution in [1.29, 1.82) is 0 Å². The number of ether oxygens (including phenoxy) is 1. The fraction of sp³-hybridized carbons (Fsp3) is 0.843. The Morgan fingerprint density at radius 1 is 0.491 bits per heavy atom. The average molecular weight is 802 g/mol. The molecule has 0 saturated heterocycles. The zero-order chi connectivity index (χ0) is 41.5. The summed E-state index contributed by atoms with van der Waals surface area (Å²) in [5.74, 6) is -0.0787. The second kappa shape index (κ2) is 46.8. The lowest BCUT2D eigenvalue weighted by Crippen LogP contribution is -2.45. The number of esters is 1. The van der Waals surface area contributed by atoms with Crippen molar-refractivity contribution in [3.05, 3.63) is 36.5 Å². The zero-order valence-corrected chi connectivity index (χ0v) is 37.8. The number of unbranched alkanes of at least 4 members (excludes halogenated alkanes) is 28. The Morgan fingerprint density at radius 2 is 0.912 bits per heavy atom. The van der Waals surface area contributed by atoms with E-state index in [9.17, 15) is 19.8 Å². The topological polar surface area (TPSA) is 95.9 Å². The van der Waals surface area contributed by atoms with E-state index in [1.165, 1.54) is 135 Å². The molecule has 2 unspecified atom stereocenters. The molecule has 0 aromatic heterocycles. The van der Waals surface area contributed by atoms with E-state index < -0.39 is 12.1 Å². The van der Waals surface area contributed by atoms with E-state index in [4.69, 9.17) is 4.74 Å². The summed E-state index contributed by atoms with van der Waals surface area (Å²) < 4.78 is 5.43. The first kappa shape index (κ1) is 55.1. The largest absolute Gasteiger partial charge is 0.466 e.